The number of aryl methyl sites for hydroxylation is 1. The molecule has 0 saturated heterocycles. The second-order valence-corrected chi connectivity index (χ2v) is 4.31. The van der Waals surface area contributed by atoms with E-state index >= 15 is 0 Å². The third kappa shape index (κ3) is 3.27. The van der Waals surface area contributed by atoms with E-state index in [2.05, 4.69) is 15.5 Å². The predicted molar refractivity (Wildman–Crippen MR) is 76.3 cm³/mol. The Balaban J connectivity index is 2.18. The summed E-state index contributed by atoms with van der Waals surface area (Å²) in [6, 6.07) is 3.13. The lowest BCUT2D eigenvalue weighted by Gasteiger charge is -2.13. The van der Waals surface area contributed by atoms with Gasteiger partial charge in [0.2, 0.25) is 17.5 Å². The minimum Gasteiger partial charge on any atom is -0.493 e. The Morgan fingerprint density at radius 1 is 1.14 bits per heavy atom. The van der Waals surface area contributed by atoms with Crippen molar-refractivity contribution >= 4 is 5.91 Å². The van der Waals surface area contributed by atoms with Gasteiger partial charge in [-0.3, -0.25) is 4.79 Å². The molecule has 0 aliphatic rings. The smallest absolute Gasteiger partial charge is 0.251 e. The van der Waals surface area contributed by atoms with Crippen molar-refractivity contribution in [1.29, 1.82) is 0 Å². The molecule has 0 aliphatic carbocycles. The highest BCUT2D eigenvalue weighted by Gasteiger charge is 2.17. The third-order valence-corrected chi connectivity index (χ3v) is 2.89. The van der Waals surface area contributed by atoms with Crippen LogP contribution in [0.2, 0.25) is 0 Å². The quantitative estimate of drug-likeness (QED) is 0.860. The summed E-state index contributed by atoms with van der Waals surface area (Å²) in [7, 11) is 4.47. The van der Waals surface area contributed by atoms with Crippen molar-refractivity contribution in [2.45, 2.75) is 13.5 Å². The van der Waals surface area contributed by atoms with Crippen molar-refractivity contribution in [2.75, 3.05) is 21.3 Å². The molecule has 8 nitrogen and oxygen atoms in total. The molecule has 0 spiro atoms. The maximum Gasteiger partial charge on any atom is 0.251 e. The van der Waals surface area contributed by atoms with Gasteiger partial charge in [-0.1, -0.05) is 0 Å². The summed E-state index contributed by atoms with van der Waals surface area (Å²) < 4.78 is 20.8. The van der Waals surface area contributed by atoms with E-state index in [9.17, 15) is 4.79 Å². The van der Waals surface area contributed by atoms with Crippen LogP contribution in [0, 0.1) is 6.92 Å². The van der Waals surface area contributed by atoms with Gasteiger partial charge in [-0.2, -0.15) is 0 Å². The number of ether oxygens (including phenoxy) is 3. The predicted octanol–water partition coefficient (Wildman–Crippen LogP) is 1.33. The van der Waals surface area contributed by atoms with Crippen molar-refractivity contribution in [3.05, 3.63) is 29.5 Å². The molecule has 8 heteroatoms. The van der Waals surface area contributed by atoms with Crippen molar-refractivity contribution in [1.82, 2.24) is 15.5 Å². The summed E-state index contributed by atoms with van der Waals surface area (Å²) in [6.45, 7) is 1.81. The topological polar surface area (TPSA) is 95.7 Å². The van der Waals surface area contributed by atoms with Gasteiger partial charge in [-0.05, 0) is 12.1 Å². The number of carbonyl (C=O) groups is 1. The SMILES string of the molecule is COc1cc(C(=O)NCc2nnc(C)o2)cc(OC)c1OC. The molecule has 1 aromatic carbocycles. The molecular formula is C14H17N3O5. The van der Waals surface area contributed by atoms with Crippen molar-refractivity contribution in [3.8, 4) is 17.2 Å². The summed E-state index contributed by atoms with van der Waals surface area (Å²) in [5.74, 6) is 1.68. The summed E-state index contributed by atoms with van der Waals surface area (Å²) in [4.78, 5) is 12.2. The Morgan fingerprint density at radius 3 is 2.23 bits per heavy atom. The maximum atomic E-state index is 12.2. The highest BCUT2D eigenvalue weighted by Crippen LogP contribution is 2.38. The van der Waals surface area contributed by atoms with E-state index in [-0.39, 0.29) is 12.5 Å². The van der Waals surface area contributed by atoms with Gasteiger partial charge < -0.3 is 23.9 Å². The van der Waals surface area contributed by atoms with E-state index in [1.807, 2.05) is 0 Å². The number of nitrogens with zero attached hydrogens (tertiary/aromatic N) is 2. The first kappa shape index (κ1) is 15.6. The first-order valence-corrected chi connectivity index (χ1v) is 6.46. The van der Waals surface area contributed by atoms with Gasteiger partial charge in [0.1, 0.15) is 0 Å². The van der Waals surface area contributed by atoms with Crippen molar-refractivity contribution in [2.24, 2.45) is 0 Å². The molecule has 1 N–H and O–H groups in total. The largest absolute Gasteiger partial charge is 0.493 e. The van der Waals surface area contributed by atoms with E-state index in [1.165, 1.54) is 21.3 Å². The molecule has 1 aromatic heterocycles. The van der Waals surface area contributed by atoms with Crippen LogP contribution < -0.4 is 19.5 Å². The number of rotatable bonds is 6. The molecule has 1 amide bonds. The fraction of sp³-hybridized carbons (Fsp3) is 0.357. The number of carbonyl (C=O) groups excluding carboxylic acids is 1. The normalized spacial score (nSPS) is 10.2. The number of aromatic nitrogens is 2. The fourth-order valence-electron chi connectivity index (χ4n) is 1.88. The second-order valence-electron chi connectivity index (χ2n) is 4.31. The van der Waals surface area contributed by atoms with Crippen LogP contribution in [0.5, 0.6) is 17.2 Å². The standard InChI is InChI=1S/C14H17N3O5/c1-8-16-17-12(22-8)7-15-14(18)9-5-10(19-2)13(21-4)11(6-9)20-3/h5-6H,7H2,1-4H3,(H,15,18). The zero-order chi connectivity index (χ0) is 16.1. The van der Waals surface area contributed by atoms with Gasteiger partial charge in [0.05, 0.1) is 27.9 Å². The molecule has 0 radical (unpaired) electrons. The highest BCUT2D eigenvalue weighted by molar-refractivity contribution is 5.95. The average Bonchev–Trinajstić information content (AvgIpc) is 2.96. The van der Waals surface area contributed by atoms with Crippen LogP contribution in [-0.4, -0.2) is 37.4 Å². The van der Waals surface area contributed by atoms with Crippen molar-refractivity contribution < 1.29 is 23.4 Å². The molecule has 2 aromatic rings. The molecule has 1 heterocycles. The zero-order valence-electron chi connectivity index (χ0n) is 12.8. The molecule has 118 valence electrons. The van der Waals surface area contributed by atoms with Gasteiger partial charge in [-0.25, -0.2) is 0 Å². The Hall–Kier alpha value is -2.77. The third-order valence-electron chi connectivity index (χ3n) is 2.89. The number of benzene rings is 1. The van der Waals surface area contributed by atoms with E-state index in [1.54, 1.807) is 19.1 Å². The van der Waals surface area contributed by atoms with Gasteiger partial charge in [0, 0.05) is 12.5 Å². The van der Waals surface area contributed by atoms with Crippen molar-refractivity contribution in [3.63, 3.8) is 0 Å². The Morgan fingerprint density at radius 2 is 1.77 bits per heavy atom. The fourth-order valence-corrected chi connectivity index (χ4v) is 1.88. The molecule has 0 unspecified atom stereocenters. The molecular weight excluding hydrogens is 290 g/mol. The first-order chi connectivity index (χ1) is 10.6. The van der Waals surface area contributed by atoms with Gasteiger partial charge >= 0.3 is 0 Å². The van der Waals surface area contributed by atoms with E-state index in [0.29, 0.717) is 34.6 Å². The van der Waals surface area contributed by atoms with Gasteiger partial charge in [0.25, 0.3) is 5.91 Å². The Kier molecular flexibility index (Phi) is 4.82. The molecule has 0 aliphatic heterocycles. The number of hydrogen-bond acceptors (Lipinski definition) is 7. The monoisotopic (exact) mass is 307 g/mol. The highest BCUT2D eigenvalue weighted by atomic mass is 16.5. The van der Waals surface area contributed by atoms with Crippen LogP contribution in [-0.2, 0) is 6.54 Å². The molecule has 0 saturated carbocycles. The summed E-state index contributed by atoms with van der Waals surface area (Å²) in [6.07, 6.45) is 0. The van der Waals surface area contributed by atoms with E-state index < -0.39 is 0 Å². The molecule has 2 rings (SSSR count). The molecule has 0 bridgehead atoms. The minimum atomic E-state index is -0.324. The lowest BCUT2D eigenvalue weighted by Crippen LogP contribution is -2.23. The maximum absolute atomic E-state index is 12.2. The summed E-state index contributed by atoms with van der Waals surface area (Å²) >= 11 is 0. The van der Waals surface area contributed by atoms with Crippen LogP contribution >= 0.6 is 0 Å². The summed E-state index contributed by atoms with van der Waals surface area (Å²) in [5, 5.41) is 10.2. The minimum absolute atomic E-state index is 0.135. The Bertz CT molecular complexity index is 643. The molecule has 0 atom stereocenters. The first-order valence-electron chi connectivity index (χ1n) is 6.46. The second kappa shape index (κ2) is 6.79. The molecule has 0 fully saturated rings. The van der Waals surface area contributed by atoms with Crippen LogP contribution in [0.1, 0.15) is 22.1 Å². The number of methoxy groups -OCH3 is 3. The molecule has 22 heavy (non-hydrogen) atoms. The number of nitrogens with one attached hydrogen (secondary N) is 1. The Labute approximate surface area is 127 Å². The zero-order valence-corrected chi connectivity index (χ0v) is 12.8. The number of amides is 1. The number of hydrogen-bond donors (Lipinski definition) is 1. The average molecular weight is 307 g/mol. The van der Waals surface area contributed by atoms with Crippen LogP contribution in [0.3, 0.4) is 0 Å². The van der Waals surface area contributed by atoms with Gasteiger partial charge in [-0.15, -0.1) is 10.2 Å². The van der Waals surface area contributed by atoms with Crippen LogP contribution in [0.15, 0.2) is 16.5 Å². The lowest BCUT2D eigenvalue weighted by atomic mass is 10.1. The lowest BCUT2D eigenvalue weighted by molar-refractivity contribution is 0.0946. The van der Waals surface area contributed by atoms with E-state index in [0.717, 1.165) is 0 Å². The van der Waals surface area contributed by atoms with E-state index in [4.69, 9.17) is 18.6 Å². The van der Waals surface area contributed by atoms with Crippen LogP contribution in [0.25, 0.3) is 0 Å². The van der Waals surface area contributed by atoms with Crippen LogP contribution in [0.4, 0.5) is 0 Å². The summed E-state index contributed by atoms with van der Waals surface area (Å²) in [5.41, 5.74) is 0.366. The van der Waals surface area contributed by atoms with Gasteiger partial charge in [0.15, 0.2) is 11.5 Å².